The highest BCUT2D eigenvalue weighted by atomic mass is 19.3. The number of likely N-dealkylation sites (N-methyl/N-ethyl adjacent to an activating group) is 1. The van der Waals surface area contributed by atoms with Crippen LogP contribution in [0.1, 0.15) is 13.2 Å². The van der Waals surface area contributed by atoms with Crippen LogP contribution in [0.5, 0.6) is 0 Å². The number of carbonyl (C=O) groups excluding carboxylic acids is 1. The van der Waals surface area contributed by atoms with Gasteiger partial charge in [0.2, 0.25) is 0 Å². The molecule has 1 fully saturated rings. The van der Waals surface area contributed by atoms with E-state index in [0.29, 0.717) is 6.92 Å². The van der Waals surface area contributed by atoms with E-state index in [2.05, 4.69) is 35.9 Å². The number of ether oxygens (including phenoxy) is 1. The van der Waals surface area contributed by atoms with Gasteiger partial charge in [-0.1, -0.05) is 5.21 Å². The predicted octanol–water partition coefficient (Wildman–Crippen LogP) is 0.784. The summed E-state index contributed by atoms with van der Waals surface area (Å²) in [5.41, 5.74) is 0.317. The lowest BCUT2D eigenvalue weighted by atomic mass is 10.1. The molecule has 13 nitrogen and oxygen atoms in total. The van der Waals surface area contributed by atoms with Crippen molar-refractivity contribution in [2.24, 2.45) is 0 Å². The Morgan fingerprint density at radius 2 is 1.95 bits per heavy atom. The molecule has 1 amide bonds. The van der Waals surface area contributed by atoms with Crippen molar-refractivity contribution >= 4 is 22.9 Å². The monoisotopic (exact) mass is 551 g/mol. The summed E-state index contributed by atoms with van der Waals surface area (Å²) in [7, 11) is 1.33. The summed E-state index contributed by atoms with van der Waals surface area (Å²) in [6.07, 6.45) is -3.41. The molecule has 1 aromatic carbocycles. The second-order valence-electron chi connectivity index (χ2n) is 8.84. The van der Waals surface area contributed by atoms with Gasteiger partial charge in [0.1, 0.15) is 17.9 Å². The molecule has 4 aromatic rings. The van der Waals surface area contributed by atoms with Gasteiger partial charge in [0.05, 0.1) is 19.1 Å². The molecule has 5 rings (SSSR count). The maximum atomic E-state index is 13.7. The maximum absolute atomic E-state index is 13.7. The molecule has 4 atom stereocenters. The number of nitrogens with one attached hydrogen (secondary N) is 2. The summed E-state index contributed by atoms with van der Waals surface area (Å²) in [6.45, 7) is -0.116. The Hall–Kier alpha value is -4.22. The number of anilines is 1. The van der Waals surface area contributed by atoms with Crippen LogP contribution in [0.2, 0.25) is 0 Å². The fraction of sp³-hybridized carbons (Fsp3) is 0.364. The van der Waals surface area contributed by atoms with Crippen LogP contribution in [0, 0.1) is 11.6 Å². The second kappa shape index (κ2) is 9.83. The lowest BCUT2D eigenvalue weighted by Crippen LogP contribution is -2.41. The third-order valence-electron chi connectivity index (χ3n) is 5.91. The Morgan fingerprint density at radius 3 is 2.64 bits per heavy atom. The number of fused-ring (bicyclic) bond motifs is 1. The Kier molecular flexibility index (Phi) is 6.65. The standard InChI is InChI=1S/C22H21F4N9O4/c1-22(25,26)7-28-17-13-18(34(8-29-13)20-15(37)14(36)16(39-20)19(38)27-2)31-21(30-17)35-6-12(32-33-35)9-3-4-10(23)11(24)5-9/h3-6,8,14-16,20,36-37H,7H2,1-2H3,(H,27,38)(H,28,30,31)/t14-,15+,16-,20?/m0/s1. The summed E-state index contributed by atoms with van der Waals surface area (Å²) in [6, 6.07) is 3.13. The van der Waals surface area contributed by atoms with Gasteiger partial charge in [-0.05, 0) is 18.2 Å². The Balaban J connectivity index is 1.58. The normalized spacial score (nSPS) is 21.4. The first-order chi connectivity index (χ1) is 18.5. The van der Waals surface area contributed by atoms with Crippen LogP contribution in [-0.2, 0) is 9.53 Å². The SMILES string of the molecule is CNC(=O)[C@H]1OC(n2cnc3c(NCC(C)(F)F)nc(-n4cc(-c5ccc(F)c(F)c5)nn4)nc32)[C@H](O)[C@@H]1O. The smallest absolute Gasteiger partial charge is 0.262 e. The zero-order chi connectivity index (χ0) is 28.1. The van der Waals surface area contributed by atoms with Gasteiger partial charge in [-0.15, -0.1) is 5.10 Å². The number of benzene rings is 1. The van der Waals surface area contributed by atoms with Crippen LogP contribution >= 0.6 is 0 Å². The molecular weight excluding hydrogens is 530 g/mol. The number of aliphatic hydroxyl groups excluding tert-OH is 2. The highest BCUT2D eigenvalue weighted by molar-refractivity contribution is 5.84. The van der Waals surface area contributed by atoms with Crippen LogP contribution in [0.15, 0.2) is 30.7 Å². The summed E-state index contributed by atoms with van der Waals surface area (Å²) in [5, 5.41) is 33.6. The minimum Gasteiger partial charge on any atom is -0.387 e. The summed E-state index contributed by atoms with van der Waals surface area (Å²) in [5.74, 6) is -6.26. The zero-order valence-electron chi connectivity index (χ0n) is 20.3. The molecule has 1 unspecified atom stereocenters. The van der Waals surface area contributed by atoms with Gasteiger partial charge in [0.15, 0.2) is 40.9 Å². The molecule has 0 bridgehead atoms. The number of halogens is 4. The van der Waals surface area contributed by atoms with E-state index in [1.807, 2.05) is 0 Å². The molecule has 0 aliphatic carbocycles. The maximum Gasteiger partial charge on any atom is 0.262 e. The van der Waals surface area contributed by atoms with E-state index in [1.165, 1.54) is 30.2 Å². The largest absolute Gasteiger partial charge is 0.387 e. The van der Waals surface area contributed by atoms with Gasteiger partial charge in [0, 0.05) is 19.5 Å². The number of imidazole rings is 1. The topological polar surface area (TPSA) is 165 Å². The lowest BCUT2D eigenvalue weighted by Gasteiger charge is -2.17. The van der Waals surface area contributed by atoms with Crippen molar-refractivity contribution < 1.29 is 37.3 Å². The summed E-state index contributed by atoms with van der Waals surface area (Å²) >= 11 is 0. The van der Waals surface area contributed by atoms with Gasteiger partial charge in [0.25, 0.3) is 17.8 Å². The number of alkyl halides is 2. The van der Waals surface area contributed by atoms with Crippen LogP contribution in [-0.4, -0.2) is 88.5 Å². The molecule has 4 N–H and O–H groups in total. The van der Waals surface area contributed by atoms with Crippen molar-refractivity contribution in [3.63, 3.8) is 0 Å². The molecule has 1 aliphatic rings. The average molecular weight is 551 g/mol. The molecule has 0 radical (unpaired) electrons. The van der Waals surface area contributed by atoms with E-state index in [0.717, 1.165) is 16.8 Å². The minimum absolute atomic E-state index is 0.0117. The van der Waals surface area contributed by atoms with Crippen molar-refractivity contribution in [3.8, 4) is 17.2 Å². The van der Waals surface area contributed by atoms with Crippen molar-refractivity contribution in [2.45, 2.75) is 37.4 Å². The lowest BCUT2D eigenvalue weighted by molar-refractivity contribution is -0.137. The number of carbonyl (C=O) groups is 1. The number of nitrogens with zero attached hydrogens (tertiary/aromatic N) is 7. The van der Waals surface area contributed by atoms with E-state index in [-0.39, 0.29) is 34.2 Å². The molecule has 39 heavy (non-hydrogen) atoms. The number of amides is 1. The third kappa shape index (κ3) is 4.98. The first-order valence-corrected chi connectivity index (χ1v) is 11.4. The molecular formula is C22H21F4N9O4. The summed E-state index contributed by atoms with van der Waals surface area (Å²) in [4.78, 5) is 24.8. The molecule has 4 heterocycles. The van der Waals surface area contributed by atoms with Crippen molar-refractivity contribution in [3.05, 3.63) is 42.4 Å². The molecule has 3 aromatic heterocycles. The molecule has 1 saturated heterocycles. The molecule has 0 spiro atoms. The quantitative estimate of drug-likeness (QED) is 0.241. The Morgan fingerprint density at radius 1 is 1.18 bits per heavy atom. The highest BCUT2D eigenvalue weighted by Crippen LogP contribution is 2.33. The van der Waals surface area contributed by atoms with Crippen molar-refractivity contribution in [2.75, 3.05) is 18.9 Å². The van der Waals surface area contributed by atoms with E-state index < -0.39 is 54.5 Å². The zero-order valence-corrected chi connectivity index (χ0v) is 20.3. The predicted molar refractivity (Wildman–Crippen MR) is 125 cm³/mol. The van der Waals surface area contributed by atoms with E-state index in [9.17, 15) is 32.6 Å². The number of hydrogen-bond donors (Lipinski definition) is 4. The molecule has 0 saturated carbocycles. The average Bonchev–Trinajstić information content (AvgIpc) is 3.62. The van der Waals surface area contributed by atoms with Crippen molar-refractivity contribution in [1.29, 1.82) is 0 Å². The third-order valence-corrected chi connectivity index (χ3v) is 5.91. The van der Waals surface area contributed by atoms with Crippen molar-refractivity contribution in [1.82, 2.24) is 39.8 Å². The Labute approximate surface area is 216 Å². The minimum atomic E-state index is -3.12. The van der Waals surface area contributed by atoms with Gasteiger partial charge in [-0.25, -0.2) is 22.5 Å². The van der Waals surface area contributed by atoms with Crippen LogP contribution in [0.25, 0.3) is 28.4 Å². The van der Waals surface area contributed by atoms with Crippen LogP contribution in [0.4, 0.5) is 23.4 Å². The van der Waals surface area contributed by atoms with E-state index in [1.54, 1.807) is 0 Å². The fourth-order valence-electron chi connectivity index (χ4n) is 3.95. The number of rotatable bonds is 7. The number of aliphatic hydroxyl groups is 2. The summed E-state index contributed by atoms with van der Waals surface area (Å²) < 4.78 is 62.2. The van der Waals surface area contributed by atoms with Crippen LogP contribution < -0.4 is 10.6 Å². The molecule has 1 aliphatic heterocycles. The molecule has 206 valence electrons. The Bertz CT molecular complexity index is 1540. The number of hydrogen-bond acceptors (Lipinski definition) is 10. The van der Waals surface area contributed by atoms with Crippen LogP contribution in [0.3, 0.4) is 0 Å². The first-order valence-electron chi connectivity index (χ1n) is 11.4. The highest BCUT2D eigenvalue weighted by Gasteiger charge is 2.47. The van der Waals surface area contributed by atoms with Gasteiger partial charge in [-0.3, -0.25) is 9.36 Å². The van der Waals surface area contributed by atoms with Gasteiger partial charge < -0.3 is 25.6 Å². The van der Waals surface area contributed by atoms with E-state index in [4.69, 9.17) is 4.74 Å². The number of aromatic nitrogens is 7. The van der Waals surface area contributed by atoms with Gasteiger partial charge in [-0.2, -0.15) is 14.6 Å². The van der Waals surface area contributed by atoms with E-state index >= 15 is 0 Å². The second-order valence-corrected chi connectivity index (χ2v) is 8.84. The fourth-order valence-corrected chi connectivity index (χ4v) is 3.95. The first kappa shape index (κ1) is 26.4. The van der Waals surface area contributed by atoms with Gasteiger partial charge >= 0.3 is 0 Å². The molecule has 17 heteroatoms.